The van der Waals surface area contributed by atoms with Crippen LogP contribution in [0.5, 0.6) is 0 Å². The molecule has 0 heterocycles. The first kappa shape index (κ1) is 16.9. The van der Waals surface area contributed by atoms with Crippen molar-refractivity contribution in [2.75, 3.05) is 19.6 Å². The van der Waals surface area contributed by atoms with Crippen molar-refractivity contribution in [3.63, 3.8) is 0 Å². The summed E-state index contributed by atoms with van der Waals surface area (Å²) in [4.78, 5) is 2.61. The lowest BCUT2D eigenvalue weighted by atomic mass is 10.1. The normalized spacial score (nSPS) is 12.4. The predicted octanol–water partition coefficient (Wildman–Crippen LogP) is 3.52. The Hall–Kier alpha value is -0.0800. The number of rotatable bonds is 10. The van der Waals surface area contributed by atoms with Gasteiger partial charge in [0.1, 0.15) is 0 Å². The Morgan fingerprint density at radius 2 is 1.53 bits per heavy atom. The van der Waals surface area contributed by atoms with Gasteiger partial charge in [0.2, 0.25) is 0 Å². The molecule has 0 aromatic heterocycles. The Bertz CT molecular complexity index is 164. The third kappa shape index (κ3) is 10.8. The first-order valence-corrected chi connectivity index (χ1v) is 7.41. The fourth-order valence-corrected chi connectivity index (χ4v) is 2.04. The quantitative estimate of drug-likeness (QED) is 0.590. The molecule has 0 atom stereocenters. The van der Waals surface area contributed by atoms with E-state index in [9.17, 15) is 0 Å². The smallest absolute Gasteiger partial charge is 0.00387 e. The van der Waals surface area contributed by atoms with E-state index in [4.69, 9.17) is 0 Å². The molecule has 1 N–H and O–H groups in total. The molecular formula is C15H34N2. The van der Waals surface area contributed by atoms with Crippen LogP contribution in [0.15, 0.2) is 0 Å². The summed E-state index contributed by atoms with van der Waals surface area (Å²) in [6.07, 6.45) is 4.00. The lowest BCUT2D eigenvalue weighted by Gasteiger charge is -2.28. The van der Waals surface area contributed by atoms with Gasteiger partial charge in [-0.15, -0.1) is 0 Å². The molecule has 17 heavy (non-hydrogen) atoms. The van der Waals surface area contributed by atoms with Crippen molar-refractivity contribution in [3.8, 4) is 0 Å². The number of hydrogen-bond donors (Lipinski definition) is 1. The van der Waals surface area contributed by atoms with Crippen molar-refractivity contribution in [2.45, 2.75) is 72.9 Å². The highest BCUT2D eigenvalue weighted by Gasteiger charge is 2.10. The molecule has 0 aliphatic carbocycles. The van der Waals surface area contributed by atoms with Gasteiger partial charge in [-0.3, -0.25) is 0 Å². The molecule has 0 bridgehead atoms. The first-order valence-electron chi connectivity index (χ1n) is 7.41. The SMILES string of the molecule is CC(C)CN(CCCCCNC(C)C)C(C)C. The minimum absolute atomic E-state index is 0.628. The van der Waals surface area contributed by atoms with Gasteiger partial charge in [-0.05, 0) is 45.7 Å². The standard InChI is InChI=1S/C15H34N2/c1-13(2)12-17(15(5)6)11-9-7-8-10-16-14(3)4/h13-16H,7-12H2,1-6H3. The molecule has 0 amide bonds. The Morgan fingerprint density at radius 3 is 2.00 bits per heavy atom. The van der Waals surface area contributed by atoms with E-state index in [1.807, 2.05) is 0 Å². The van der Waals surface area contributed by atoms with Crippen molar-refractivity contribution < 1.29 is 0 Å². The van der Waals surface area contributed by atoms with Gasteiger partial charge in [0.05, 0.1) is 0 Å². The van der Waals surface area contributed by atoms with Gasteiger partial charge >= 0.3 is 0 Å². The number of nitrogens with zero attached hydrogens (tertiary/aromatic N) is 1. The highest BCUT2D eigenvalue weighted by molar-refractivity contribution is 4.65. The van der Waals surface area contributed by atoms with Crippen molar-refractivity contribution >= 4 is 0 Å². The van der Waals surface area contributed by atoms with Crippen molar-refractivity contribution in [3.05, 3.63) is 0 Å². The fraction of sp³-hybridized carbons (Fsp3) is 1.00. The molecular weight excluding hydrogens is 208 g/mol. The molecule has 2 heteroatoms. The summed E-state index contributed by atoms with van der Waals surface area (Å²) in [5.74, 6) is 0.778. The van der Waals surface area contributed by atoms with Gasteiger partial charge < -0.3 is 10.2 Å². The minimum Gasteiger partial charge on any atom is -0.315 e. The highest BCUT2D eigenvalue weighted by Crippen LogP contribution is 2.07. The molecule has 0 aromatic carbocycles. The Kier molecular flexibility index (Phi) is 9.85. The van der Waals surface area contributed by atoms with Crippen LogP contribution in [0.1, 0.15) is 60.8 Å². The van der Waals surface area contributed by atoms with Crippen LogP contribution in [0.3, 0.4) is 0 Å². The molecule has 0 saturated carbocycles. The van der Waals surface area contributed by atoms with Crippen molar-refractivity contribution in [1.82, 2.24) is 10.2 Å². The maximum atomic E-state index is 3.47. The van der Waals surface area contributed by atoms with Gasteiger partial charge in [0, 0.05) is 18.6 Å². The van der Waals surface area contributed by atoms with Gasteiger partial charge in [-0.2, -0.15) is 0 Å². The Balaban J connectivity index is 3.54. The van der Waals surface area contributed by atoms with Crippen LogP contribution in [0.4, 0.5) is 0 Å². The largest absolute Gasteiger partial charge is 0.315 e. The molecule has 0 saturated heterocycles. The third-order valence-electron chi connectivity index (χ3n) is 3.00. The molecule has 0 fully saturated rings. The highest BCUT2D eigenvalue weighted by atomic mass is 15.1. The van der Waals surface area contributed by atoms with Crippen LogP contribution in [-0.2, 0) is 0 Å². The van der Waals surface area contributed by atoms with Crippen LogP contribution in [-0.4, -0.2) is 36.6 Å². The number of hydrogen-bond acceptors (Lipinski definition) is 2. The van der Waals surface area contributed by atoms with Gasteiger partial charge in [0.25, 0.3) is 0 Å². The van der Waals surface area contributed by atoms with Gasteiger partial charge in [-0.1, -0.05) is 34.1 Å². The summed E-state index contributed by atoms with van der Waals surface area (Å²) in [7, 11) is 0. The van der Waals surface area contributed by atoms with E-state index in [0.29, 0.717) is 12.1 Å². The third-order valence-corrected chi connectivity index (χ3v) is 3.00. The molecule has 0 spiro atoms. The summed E-state index contributed by atoms with van der Waals surface area (Å²) in [6, 6.07) is 1.31. The van der Waals surface area contributed by atoms with Crippen LogP contribution in [0, 0.1) is 5.92 Å². The Morgan fingerprint density at radius 1 is 0.882 bits per heavy atom. The van der Waals surface area contributed by atoms with E-state index in [1.165, 1.54) is 38.9 Å². The summed E-state index contributed by atoms with van der Waals surface area (Å²) >= 11 is 0. The van der Waals surface area contributed by atoms with E-state index in [1.54, 1.807) is 0 Å². The zero-order valence-electron chi connectivity index (χ0n) is 12.9. The maximum absolute atomic E-state index is 3.47. The average Bonchev–Trinajstić information content (AvgIpc) is 2.20. The fourth-order valence-electron chi connectivity index (χ4n) is 2.04. The van der Waals surface area contributed by atoms with E-state index >= 15 is 0 Å². The molecule has 0 rings (SSSR count). The van der Waals surface area contributed by atoms with Crippen LogP contribution >= 0.6 is 0 Å². The average molecular weight is 242 g/mol. The summed E-state index contributed by atoms with van der Waals surface area (Å²) in [5, 5.41) is 3.47. The molecule has 0 aliphatic rings. The van der Waals surface area contributed by atoms with Crippen molar-refractivity contribution in [1.29, 1.82) is 0 Å². The zero-order chi connectivity index (χ0) is 13.3. The van der Waals surface area contributed by atoms with Gasteiger partial charge in [0.15, 0.2) is 0 Å². The summed E-state index contributed by atoms with van der Waals surface area (Å²) in [6.45, 7) is 17.3. The second-order valence-corrected chi connectivity index (χ2v) is 6.15. The predicted molar refractivity (Wildman–Crippen MR) is 78.5 cm³/mol. The molecule has 0 aromatic rings. The van der Waals surface area contributed by atoms with Crippen LogP contribution in [0.25, 0.3) is 0 Å². The zero-order valence-corrected chi connectivity index (χ0v) is 12.9. The summed E-state index contributed by atoms with van der Waals surface area (Å²) < 4.78 is 0. The molecule has 0 unspecified atom stereocenters. The number of nitrogens with one attached hydrogen (secondary N) is 1. The molecule has 0 aliphatic heterocycles. The summed E-state index contributed by atoms with van der Waals surface area (Å²) in [5.41, 5.74) is 0. The van der Waals surface area contributed by atoms with Gasteiger partial charge in [-0.25, -0.2) is 0 Å². The van der Waals surface area contributed by atoms with E-state index < -0.39 is 0 Å². The van der Waals surface area contributed by atoms with E-state index in [-0.39, 0.29) is 0 Å². The molecule has 2 nitrogen and oxygen atoms in total. The topological polar surface area (TPSA) is 15.3 Å². The lowest BCUT2D eigenvalue weighted by Crippen LogP contribution is -2.35. The number of unbranched alkanes of at least 4 members (excludes halogenated alkanes) is 2. The minimum atomic E-state index is 0.628. The van der Waals surface area contributed by atoms with Crippen molar-refractivity contribution in [2.24, 2.45) is 5.92 Å². The lowest BCUT2D eigenvalue weighted by molar-refractivity contribution is 0.193. The first-order chi connectivity index (χ1) is 7.93. The molecule has 0 radical (unpaired) electrons. The Labute approximate surface area is 109 Å². The van der Waals surface area contributed by atoms with E-state index in [2.05, 4.69) is 51.8 Å². The van der Waals surface area contributed by atoms with Crippen LogP contribution in [0.2, 0.25) is 0 Å². The maximum Gasteiger partial charge on any atom is 0.00387 e. The monoisotopic (exact) mass is 242 g/mol. The molecule has 104 valence electrons. The van der Waals surface area contributed by atoms with Crippen LogP contribution < -0.4 is 5.32 Å². The second kappa shape index (κ2) is 9.90. The second-order valence-electron chi connectivity index (χ2n) is 6.15. The van der Waals surface area contributed by atoms with E-state index in [0.717, 1.165) is 5.92 Å².